The number of hydrogen-bond donors (Lipinski definition) is 1. The summed E-state index contributed by atoms with van der Waals surface area (Å²) in [7, 11) is -2.12. The number of nitrogens with one attached hydrogen (secondary N) is 1. The molecule has 0 bridgehead atoms. The van der Waals surface area contributed by atoms with Crippen molar-refractivity contribution in [1.29, 1.82) is 0 Å². The molecule has 5 nitrogen and oxygen atoms in total. The molecule has 6 heteroatoms. The van der Waals surface area contributed by atoms with E-state index in [9.17, 15) is 8.42 Å². The lowest BCUT2D eigenvalue weighted by molar-refractivity contribution is 0.414. The minimum atomic E-state index is -3.66. The van der Waals surface area contributed by atoms with Crippen molar-refractivity contribution >= 4 is 26.7 Å². The van der Waals surface area contributed by atoms with E-state index in [0.29, 0.717) is 11.4 Å². The van der Waals surface area contributed by atoms with Gasteiger partial charge < -0.3 is 9.15 Å². The molecule has 0 radical (unpaired) electrons. The van der Waals surface area contributed by atoms with Crippen LogP contribution in [0.2, 0.25) is 0 Å². The molecule has 0 spiro atoms. The second-order valence-electron chi connectivity index (χ2n) is 5.34. The molecular weight excluding hydrogens is 314 g/mol. The van der Waals surface area contributed by atoms with Crippen LogP contribution in [0.1, 0.15) is 11.3 Å². The third kappa shape index (κ3) is 3.03. The number of anilines is 1. The molecule has 23 heavy (non-hydrogen) atoms. The molecule has 0 atom stereocenters. The van der Waals surface area contributed by atoms with Crippen LogP contribution in [0.3, 0.4) is 0 Å². The van der Waals surface area contributed by atoms with E-state index in [1.54, 1.807) is 18.2 Å². The van der Waals surface area contributed by atoms with Crippen LogP contribution in [0.15, 0.2) is 51.8 Å². The monoisotopic (exact) mass is 331 g/mol. The van der Waals surface area contributed by atoms with Gasteiger partial charge in [-0.3, -0.25) is 4.72 Å². The van der Waals surface area contributed by atoms with Crippen molar-refractivity contribution < 1.29 is 17.6 Å². The molecule has 0 unspecified atom stereocenters. The van der Waals surface area contributed by atoms with Crippen LogP contribution < -0.4 is 9.46 Å². The van der Waals surface area contributed by atoms with E-state index in [-0.39, 0.29) is 4.90 Å². The van der Waals surface area contributed by atoms with Gasteiger partial charge in [-0.25, -0.2) is 8.42 Å². The molecule has 0 amide bonds. The third-order valence-corrected chi connectivity index (χ3v) is 4.98. The third-order valence-electron chi connectivity index (χ3n) is 3.60. The van der Waals surface area contributed by atoms with Crippen molar-refractivity contribution in [2.24, 2.45) is 0 Å². The molecule has 0 aliphatic rings. The minimum Gasteiger partial charge on any atom is -0.497 e. The average molecular weight is 331 g/mol. The molecule has 3 aromatic rings. The van der Waals surface area contributed by atoms with E-state index in [1.165, 1.54) is 19.2 Å². The summed E-state index contributed by atoms with van der Waals surface area (Å²) in [5.74, 6) is 1.39. The summed E-state index contributed by atoms with van der Waals surface area (Å²) in [5.41, 5.74) is 2.07. The molecule has 1 N–H and O–H groups in total. The van der Waals surface area contributed by atoms with Crippen LogP contribution in [0.25, 0.3) is 11.0 Å². The van der Waals surface area contributed by atoms with Gasteiger partial charge in [0.25, 0.3) is 10.0 Å². The van der Waals surface area contributed by atoms with Gasteiger partial charge in [-0.15, -0.1) is 0 Å². The quantitative estimate of drug-likeness (QED) is 0.788. The van der Waals surface area contributed by atoms with E-state index < -0.39 is 10.0 Å². The summed E-state index contributed by atoms with van der Waals surface area (Å²) >= 11 is 0. The highest BCUT2D eigenvalue weighted by Crippen LogP contribution is 2.28. The maximum absolute atomic E-state index is 12.5. The fourth-order valence-corrected chi connectivity index (χ4v) is 3.51. The van der Waals surface area contributed by atoms with Crippen molar-refractivity contribution in [1.82, 2.24) is 0 Å². The number of hydrogen-bond acceptors (Lipinski definition) is 4. The standard InChI is InChI=1S/C17H17NO4S/c1-11-8-17-13(9-12(2)22-17)10-16(11)18-23(19,20)15-6-4-14(21-3)5-7-15/h4-10,18H,1-3H3. The second-order valence-corrected chi connectivity index (χ2v) is 7.03. The maximum atomic E-state index is 12.5. The Hall–Kier alpha value is -2.47. The number of methoxy groups -OCH3 is 1. The summed E-state index contributed by atoms with van der Waals surface area (Å²) < 4.78 is 38.3. The number of sulfonamides is 1. The predicted octanol–water partition coefficient (Wildman–Crippen LogP) is 3.86. The molecule has 0 aliphatic carbocycles. The highest BCUT2D eigenvalue weighted by Gasteiger charge is 2.16. The van der Waals surface area contributed by atoms with Gasteiger partial charge in [0, 0.05) is 5.39 Å². The first-order valence-corrected chi connectivity index (χ1v) is 8.55. The van der Waals surface area contributed by atoms with E-state index in [4.69, 9.17) is 9.15 Å². The molecular formula is C17H17NO4S. The number of fused-ring (bicyclic) bond motifs is 1. The van der Waals surface area contributed by atoms with Gasteiger partial charge >= 0.3 is 0 Å². The van der Waals surface area contributed by atoms with Crippen LogP contribution in [-0.2, 0) is 10.0 Å². The topological polar surface area (TPSA) is 68.5 Å². The Kier molecular flexibility index (Phi) is 3.77. The zero-order valence-electron chi connectivity index (χ0n) is 13.1. The fraction of sp³-hybridized carbons (Fsp3) is 0.176. The van der Waals surface area contributed by atoms with Crippen molar-refractivity contribution in [2.45, 2.75) is 18.7 Å². The zero-order valence-corrected chi connectivity index (χ0v) is 13.9. The Bertz CT molecular complexity index is 956. The zero-order chi connectivity index (χ0) is 16.6. The van der Waals surface area contributed by atoms with Gasteiger partial charge in [-0.05, 0) is 61.9 Å². The van der Waals surface area contributed by atoms with Crippen molar-refractivity contribution in [3.8, 4) is 5.75 Å². The van der Waals surface area contributed by atoms with Crippen LogP contribution >= 0.6 is 0 Å². The normalized spacial score (nSPS) is 11.6. The number of aryl methyl sites for hydroxylation is 2. The van der Waals surface area contributed by atoms with Crippen LogP contribution in [-0.4, -0.2) is 15.5 Å². The SMILES string of the molecule is COc1ccc(S(=O)(=O)Nc2cc3cc(C)oc3cc2C)cc1. The largest absolute Gasteiger partial charge is 0.497 e. The van der Waals surface area contributed by atoms with E-state index >= 15 is 0 Å². The molecule has 0 saturated heterocycles. The summed E-state index contributed by atoms with van der Waals surface area (Å²) in [4.78, 5) is 0.182. The molecule has 2 aromatic carbocycles. The van der Waals surface area contributed by atoms with Gasteiger partial charge in [-0.2, -0.15) is 0 Å². The number of benzene rings is 2. The Morgan fingerprint density at radius 2 is 1.74 bits per heavy atom. The summed E-state index contributed by atoms with van der Waals surface area (Å²) in [6.45, 7) is 3.69. The number of furan rings is 1. The molecule has 0 saturated carbocycles. The molecule has 3 rings (SSSR count). The Morgan fingerprint density at radius 3 is 2.39 bits per heavy atom. The lowest BCUT2D eigenvalue weighted by atomic mass is 10.1. The van der Waals surface area contributed by atoms with Gasteiger partial charge in [0.05, 0.1) is 17.7 Å². The lowest BCUT2D eigenvalue weighted by Crippen LogP contribution is -2.13. The molecule has 120 valence electrons. The Balaban J connectivity index is 1.97. The molecule has 1 aromatic heterocycles. The van der Waals surface area contributed by atoms with Crippen LogP contribution in [0, 0.1) is 13.8 Å². The molecule has 0 aliphatic heterocycles. The summed E-state index contributed by atoms with van der Waals surface area (Å²) in [6.07, 6.45) is 0. The van der Waals surface area contributed by atoms with Gasteiger partial charge in [0.2, 0.25) is 0 Å². The first kappa shape index (κ1) is 15.4. The van der Waals surface area contributed by atoms with Gasteiger partial charge in [0.1, 0.15) is 17.1 Å². The fourth-order valence-electron chi connectivity index (χ4n) is 2.39. The lowest BCUT2D eigenvalue weighted by Gasteiger charge is -2.11. The van der Waals surface area contributed by atoms with Crippen molar-refractivity contribution in [3.63, 3.8) is 0 Å². The molecule has 0 fully saturated rings. The van der Waals surface area contributed by atoms with E-state index in [2.05, 4.69) is 4.72 Å². The highest BCUT2D eigenvalue weighted by atomic mass is 32.2. The maximum Gasteiger partial charge on any atom is 0.261 e. The number of rotatable bonds is 4. The Labute approximate surface area is 134 Å². The molecule has 1 heterocycles. The van der Waals surface area contributed by atoms with Crippen molar-refractivity contribution in [2.75, 3.05) is 11.8 Å². The summed E-state index contributed by atoms with van der Waals surface area (Å²) in [5, 5.41) is 0.862. The van der Waals surface area contributed by atoms with Gasteiger partial charge in [0.15, 0.2) is 0 Å². The first-order chi connectivity index (χ1) is 10.9. The average Bonchev–Trinajstić information content (AvgIpc) is 2.86. The predicted molar refractivity (Wildman–Crippen MR) is 89.5 cm³/mol. The number of ether oxygens (including phenoxy) is 1. The Morgan fingerprint density at radius 1 is 1.04 bits per heavy atom. The van der Waals surface area contributed by atoms with Crippen molar-refractivity contribution in [3.05, 3.63) is 53.8 Å². The summed E-state index contributed by atoms with van der Waals surface area (Å²) in [6, 6.07) is 11.7. The van der Waals surface area contributed by atoms with Gasteiger partial charge in [-0.1, -0.05) is 0 Å². The highest BCUT2D eigenvalue weighted by molar-refractivity contribution is 7.92. The smallest absolute Gasteiger partial charge is 0.261 e. The van der Waals surface area contributed by atoms with E-state index in [1.807, 2.05) is 26.0 Å². The van der Waals surface area contributed by atoms with Crippen LogP contribution in [0.5, 0.6) is 5.75 Å². The van der Waals surface area contributed by atoms with E-state index in [0.717, 1.165) is 22.3 Å². The van der Waals surface area contributed by atoms with Crippen LogP contribution in [0.4, 0.5) is 5.69 Å². The second kappa shape index (κ2) is 5.62. The minimum absolute atomic E-state index is 0.182. The first-order valence-electron chi connectivity index (χ1n) is 7.07.